The van der Waals surface area contributed by atoms with Crippen molar-refractivity contribution in [3.8, 4) is 0 Å². The van der Waals surface area contributed by atoms with Gasteiger partial charge in [-0.1, -0.05) is 0 Å². The molecular formula is C18H19N3O4. The van der Waals surface area contributed by atoms with Crippen LogP contribution in [0.5, 0.6) is 0 Å². The molecule has 0 spiro atoms. The Morgan fingerprint density at radius 1 is 0.880 bits per heavy atom. The van der Waals surface area contributed by atoms with Gasteiger partial charge < -0.3 is 10.6 Å². The largest absolute Gasteiger partial charge is 0.347 e. The summed E-state index contributed by atoms with van der Waals surface area (Å²) in [5, 5.41) is 16.2. The number of nitrogens with zero attached hydrogens (tertiary/aromatic N) is 1. The number of carbonyl (C=O) groups excluding carboxylic acids is 2. The van der Waals surface area contributed by atoms with E-state index in [9.17, 15) is 19.7 Å². The van der Waals surface area contributed by atoms with Crippen LogP contribution in [0.1, 0.15) is 41.5 Å². The van der Waals surface area contributed by atoms with Crippen molar-refractivity contribution in [1.82, 2.24) is 5.32 Å². The van der Waals surface area contributed by atoms with Gasteiger partial charge in [0, 0.05) is 34.5 Å². The number of hydrogen-bond acceptors (Lipinski definition) is 4. The molecule has 2 rings (SSSR count). The summed E-state index contributed by atoms with van der Waals surface area (Å²) in [5.74, 6) is -0.581. The first kappa shape index (κ1) is 18.1. The number of nitrogens with one attached hydrogen (secondary N) is 2. The monoisotopic (exact) mass is 341 g/mol. The van der Waals surface area contributed by atoms with Gasteiger partial charge in [-0.05, 0) is 57.2 Å². The van der Waals surface area contributed by atoms with Gasteiger partial charge in [-0.3, -0.25) is 19.7 Å². The first-order chi connectivity index (χ1) is 11.7. The van der Waals surface area contributed by atoms with Crippen molar-refractivity contribution >= 4 is 23.2 Å². The Balaban J connectivity index is 2.04. The maximum Gasteiger partial charge on any atom is 0.269 e. The molecule has 0 atom stereocenters. The number of benzene rings is 2. The van der Waals surface area contributed by atoms with Crippen LogP contribution >= 0.6 is 0 Å². The smallest absolute Gasteiger partial charge is 0.269 e. The Bertz CT molecular complexity index is 791. The second-order valence-corrected chi connectivity index (χ2v) is 6.54. The van der Waals surface area contributed by atoms with Gasteiger partial charge >= 0.3 is 0 Å². The number of nitro benzene ring substituents is 1. The minimum Gasteiger partial charge on any atom is -0.347 e. The van der Waals surface area contributed by atoms with E-state index in [0.29, 0.717) is 16.8 Å². The van der Waals surface area contributed by atoms with E-state index in [1.165, 1.54) is 24.3 Å². The number of carbonyl (C=O) groups is 2. The van der Waals surface area contributed by atoms with Crippen LogP contribution in [0.2, 0.25) is 0 Å². The molecule has 0 aliphatic carbocycles. The second kappa shape index (κ2) is 7.12. The minimum atomic E-state index is -0.525. The van der Waals surface area contributed by atoms with E-state index in [1.54, 1.807) is 24.3 Å². The predicted octanol–water partition coefficient (Wildman–Crippen LogP) is 3.38. The summed E-state index contributed by atoms with van der Waals surface area (Å²) >= 11 is 0. The molecule has 0 fully saturated rings. The first-order valence-electron chi connectivity index (χ1n) is 7.64. The molecule has 0 radical (unpaired) electrons. The zero-order valence-electron chi connectivity index (χ0n) is 14.2. The number of amides is 2. The lowest BCUT2D eigenvalue weighted by atomic mass is 10.1. The van der Waals surface area contributed by atoms with Crippen LogP contribution in [0.3, 0.4) is 0 Å². The summed E-state index contributed by atoms with van der Waals surface area (Å²) in [4.78, 5) is 34.3. The number of anilines is 1. The highest BCUT2D eigenvalue weighted by atomic mass is 16.6. The Morgan fingerprint density at radius 2 is 1.36 bits per heavy atom. The molecule has 2 N–H and O–H groups in total. The highest BCUT2D eigenvalue weighted by molar-refractivity contribution is 6.04. The summed E-state index contributed by atoms with van der Waals surface area (Å²) in [7, 11) is 0. The van der Waals surface area contributed by atoms with Crippen LogP contribution in [0.4, 0.5) is 11.4 Å². The van der Waals surface area contributed by atoms with Crippen LogP contribution in [0.15, 0.2) is 48.5 Å². The van der Waals surface area contributed by atoms with Crippen LogP contribution in [-0.4, -0.2) is 22.3 Å². The predicted molar refractivity (Wildman–Crippen MR) is 94.7 cm³/mol. The molecule has 0 aliphatic heterocycles. The van der Waals surface area contributed by atoms with E-state index < -0.39 is 4.92 Å². The fourth-order valence-corrected chi connectivity index (χ4v) is 2.06. The summed E-state index contributed by atoms with van der Waals surface area (Å²) in [6, 6.07) is 11.8. The highest BCUT2D eigenvalue weighted by Gasteiger charge is 2.15. The quantitative estimate of drug-likeness (QED) is 0.657. The number of rotatable bonds is 4. The van der Waals surface area contributed by atoms with E-state index in [-0.39, 0.29) is 23.0 Å². The maximum atomic E-state index is 12.1. The average molecular weight is 341 g/mol. The molecule has 2 aromatic carbocycles. The normalized spacial score (nSPS) is 10.8. The molecule has 130 valence electrons. The van der Waals surface area contributed by atoms with Crippen molar-refractivity contribution in [1.29, 1.82) is 0 Å². The Labute approximate surface area is 145 Å². The van der Waals surface area contributed by atoms with Crippen LogP contribution in [0.25, 0.3) is 0 Å². The zero-order valence-corrected chi connectivity index (χ0v) is 14.2. The number of nitro groups is 1. The first-order valence-corrected chi connectivity index (χ1v) is 7.64. The van der Waals surface area contributed by atoms with Crippen LogP contribution in [0, 0.1) is 10.1 Å². The second-order valence-electron chi connectivity index (χ2n) is 6.54. The van der Waals surface area contributed by atoms with Gasteiger partial charge in [-0.15, -0.1) is 0 Å². The lowest BCUT2D eigenvalue weighted by Gasteiger charge is -2.20. The van der Waals surface area contributed by atoms with Gasteiger partial charge in [-0.2, -0.15) is 0 Å². The molecular weight excluding hydrogens is 322 g/mol. The van der Waals surface area contributed by atoms with Crippen molar-refractivity contribution in [3.63, 3.8) is 0 Å². The van der Waals surface area contributed by atoms with Gasteiger partial charge in [-0.25, -0.2) is 0 Å². The standard InChI is InChI=1S/C18H19N3O4/c1-18(2,3)20-17(23)13-4-8-14(9-5-13)19-16(22)12-6-10-15(11-7-12)21(24)25/h4-11H,1-3H3,(H,19,22)(H,20,23). The number of non-ortho nitro benzene ring substituents is 1. The van der Waals surface area contributed by atoms with Crippen molar-refractivity contribution in [2.75, 3.05) is 5.32 Å². The van der Waals surface area contributed by atoms with Crippen LogP contribution in [-0.2, 0) is 0 Å². The fourth-order valence-electron chi connectivity index (χ4n) is 2.06. The van der Waals surface area contributed by atoms with E-state index in [2.05, 4.69) is 10.6 Å². The van der Waals surface area contributed by atoms with Gasteiger partial charge in [0.25, 0.3) is 17.5 Å². The molecule has 7 nitrogen and oxygen atoms in total. The van der Waals surface area contributed by atoms with Gasteiger partial charge in [0.2, 0.25) is 0 Å². The van der Waals surface area contributed by atoms with Crippen molar-refractivity contribution in [3.05, 3.63) is 69.8 Å². The fraction of sp³-hybridized carbons (Fsp3) is 0.222. The molecule has 0 aliphatic rings. The molecule has 0 heterocycles. The van der Waals surface area contributed by atoms with Gasteiger partial charge in [0.15, 0.2) is 0 Å². The summed E-state index contributed by atoms with van der Waals surface area (Å²) < 4.78 is 0. The topological polar surface area (TPSA) is 101 Å². The Kier molecular flexibility index (Phi) is 5.17. The zero-order chi connectivity index (χ0) is 18.6. The Hall–Kier alpha value is -3.22. The third-order valence-corrected chi connectivity index (χ3v) is 3.23. The van der Waals surface area contributed by atoms with E-state index in [1.807, 2.05) is 20.8 Å². The molecule has 0 aromatic heterocycles. The SMILES string of the molecule is CC(C)(C)NC(=O)c1ccc(NC(=O)c2ccc([N+](=O)[O-])cc2)cc1. The third kappa shape index (κ3) is 5.13. The summed E-state index contributed by atoms with van der Waals surface area (Å²) in [5.41, 5.74) is 0.907. The van der Waals surface area contributed by atoms with Crippen molar-refractivity contribution in [2.45, 2.75) is 26.3 Å². The van der Waals surface area contributed by atoms with Crippen molar-refractivity contribution < 1.29 is 14.5 Å². The van der Waals surface area contributed by atoms with E-state index in [0.717, 1.165) is 0 Å². The third-order valence-electron chi connectivity index (χ3n) is 3.23. The molecule has 0 unspecified atom stereocenters. The molecule has 0 bridgehead atoms. The number of hydrogen-bond donors (Lipinski definition) is 2. The van der Waals surface area contributed by atoms with Crippen molar-refractivity contribution in [2.24, 2.45) is 0 Å². The lowest BCUT2D eigenvalue weighted by molar-refractivity contribution is -0.384. The van der Waals surface area contributed by atoms with Gasteiger partial charge in [0.1, 0.15) is 0 Å². The van der Waals surface area contributed by atoms with E-state index >= 15 is 0 Å². The minimum absolute atomic E-state index is 0.0780. The molecule has 2 amide bonds. The molecule has 25 heavy (non-hydrogen) atoms. The maximum absolute atomic E-state index is 12.1. The van der Waals surface area contributed by atoms with Crippen LogP contribution < -0.4 is 10.6 Å². The van der Waals surface area contributed by atoms with Gasteiger partial charge in [0.05, 0.1) is 4.92 Å². The lowest BCUT2D eigenvalue weighted by Crippen LogP contribution is -2.40. The average Bonchev–Trinajstić information content (AvgIpc) is 2.54. The molecule has 0 saturated carbocycles. The highest BCUT2D eigenvalue weighted by Crippen LogP contribution is 2.15. The van der Waals surface area contributed by atoms with E-state index in [4.69, 9.17) is 0 Å². The summed E-state index contributed by atoms with van der Waals surface area (Å²) in [6.45, 7) is 5.68. The molecule has 0 saturated heterocycles. The molecule has 7 heteroatoms. The summed E-state index contributed by atoms with van der Waals surface area (Å²) in [6.07, 6.45) is 0. The Morgan fingerprint density at radius 3 is 1.84 bits per heavy atom. The molecule has 2 aromatic rings.